The van der Waals surface area contributed by atoms with Crippen LogP contribution in [-0.2, 0) is 0 Å². The molecule has 1 fully saturated rings. The van der Waals surface area contributed by atoms with Gasteiger partial charge in [0.05, 0.1) is 22.8 Å². The van der Waals surface area contributed by atoms with Crippen LogP contribution in [0, 0.1) is 11.8 Å². The Hall–Kier alpha value is -2.90. The second kappa shape index (κ2) is 8.45. The average Bonchev–Trinajstić information content (AvgIpc) is 3.17. The zero-order chi connectivity index (χ0) is 21.3. The SMILES string of the molecule is CC(C)C1CCC(n2cc(NC(=O)c3cncc4cccnc34)c(C(F)F)n2)CC1. The van der Waals surface area contributed by atoms with Gasteiger partial charge in [0.2, 0.25) is 0 Å². The molecule has 4 rings (SSSR count). The predicted molar refractivity (Wildman–Crippen MR) is 111 cm³/mol. The summed E-state index contributed by atoms with van der Waals surface area (Å²) < 4.78 is 28.9. The van der Waals surface area contributed by atoms with E-state index in [0.717, 1.165) is 25.7 Å². The van der Waals surface area contributed by atoms with E-state index in [2.05, 4.69) is 34.2 Å². The predicted octanol–water partition coefficient (Wildman–Crippen LogP) is 5.40. The summed E-state index contributed by atoms with van der Waals surface area (Å²) in [5, 5.41) is 7.44. The van der Waals surface area contributed by atoms with Gasteiger partial charge in [0, 0.05) is 30.2 Å². The van der Waals surface area contributed by atoms with Crippen molar-refractivity contribution in [2.24, 2.45) is 11.8 Å². The lowest BCUT2D eigenvalue weighted by molar-refractivity contribution is 0.102. The van der Waals surface area contributed by atoms with Gasteiger partial charge in [0.25, 0.3) is 12.3 Å². The van der Waals surface area contributed by atoms with E-state index in [1.165, 1.54) is 12.4 Å². The van der Waals surface area contributed by atoms with Crippen LogP contribution in [0.25, 0.3) is 10.9 Å². The fourth-order valence-electron chi connectivity index (χ4n) is 4.24. The Bertz CT molecular complexity index is 1040. The summed E-state index contributed by atoms with van der Waals surface area (Å²) in [6, 6.07) is 3.62. The van der Waals surface area contributed by atoms with Crippen molar-refractivity contribution < 1.29 is 13.6 Å². The van der Waals surface area contributed by atoms with E-state index in [1.807, 2.05) is 0 Å². The Morgan fingerprint density at radius 2 is 1.97 bits per heavy atom. The standard InChI is InChI=1S/C22H25F2N5O/c1-13(2)14-5-7-16(8-6-14)29-12-18(20(28-29)21(23)24)27-22(30)17-11-25-10-15-4-3-9-26-19(15)17/h3-4,9-14,16,21H,5-8H2,1-2H3,(H,27,30). The summed E-state index contributed by atoms with van der Waals surface area (Å²) in [7, 11) is 0. The molecule has 0 atom stereocenters. The first-order valence-electron chi connectivity index (χ1n) is 10.3. The minimum Gasteiger partial charge on any atom is -0.319 e. The highest BCUT2D eigenvalue weighted by Crippen LogP contribution is 2.37. The maximum absolute atomic E-state index is 13.6. The van der Waals surface area contributed by atoms with Crippen LogP contribution in [0.15, 0.2) is 36.9 Å². The number of hydrogen-bond donors (Lipinski definition) is 1. The number of alkyl halides is 2. The minimum atomic E-state index is -2.78. The maximum atomic E-state index is 13.6. The number of carbonyl (C=O) groups is 1. The molecule has 0 bridgehead atoms. The van der Waals surface area contributed by atoms with Crippen molar-refractivity contribution in [3.8, 4) is 0 Å². The van der Waals surface area contributed by atoms with Gasteiger partial charge in [-0.2, -0.15) is 5.10 Å². The molecule has 0 radical (unpaired) electrons. The number of fused-ring (bicyclic) bond motifs is 1. The number of rotatable bonds is 5. The zero-order valence-electron chi connectivity index (χ0n) is 17.1. The molecule has 0 saturated heterocycles. The monoisotopic (exact) mass is 413 g/mol. The van der Waals surface area contributed by atoms with E-state index < -0.39 is 18.0 Å². The van der Waals surface area contributed by atoms with E-state index in [9.17, 15) is 13.6 Å². The van der Waals surface area contributed by atoms with E-state index in [-0.39, 0.29) is 17.3 Å². The summed E-state index contributed by atoms with van der Waals surface area (Å²) in [5.41, 5.74) is 0.339. The van der Waals surface area contributed by atoms with Crippen LogP contribution in [-0.4, -0.2) is 25.7 Å². The first-order chi connectivity index (χ1) is 14.4. The fraction of sp³-hybridized carbons (Fsp3) is 0.455. The van der Waals surface area contributed by atoms with Gasteiger partial charge in [-0.15, -0.1) is 0 Å². The molecule has 3 aromatic heterocycles. The van der Waals surface area contributed by atoms with Crippen LogP contribution in [0.4, 0.5) is 14.5 Å². The van der Waals surface area contributed by atoms with Crippen LogP contribution in [0.5, 0.6) is 0 Å². The second-order valence-corrected chi connectivity index (χ2v) is 8.24. The molecule has 1 N–H and O–H groups in total. The van der Waals surface area contributed by atoms with Crippen LogP contribution >= 0.6 is 0 Å². The van der Waals surface area contributed by atoms with Crippen LogP contribution in [0.1, 0.15) is 68.0 Å². The third-order valence-electron chi connectivity index (χ3n) is 6.03. The maximum Gasteiger partial charge on any atom is 0.284 e. The highest BCUT2D eigenvalue weighted by atomic mass is 19.3. The van der Waals surface area contributed by atoms with Gasteiger partial charge in [0.1, 0.15) is 0 Å². The van der Waals surface area contributed by atoms with Gasteiger partial charge in [-0.3, -0.25) is 19.4 Å². The first kappa shape index (κ1) is 20.4. The Morgan fingerprint density at radius 3 is 2.67 bits per heavy atom. The van der Waals surface area contributed by atoms with Gasteiger partial charge in [0.15, 0.2) is 5.69 Å². The largest absolute Gasteiger partial charge is 0.319 e. The van der Waals surface area contributed by atoms with Crippen LogP contribution < -0.4 is 5.32 Å². The summed E-state index contributed by atoms with van der Waals surface area (Å²) in [6.07, 6.45) is 7.25. The lowest BCUT2D eigenvalue weighted by Crippen LogP contribution is -2.21. The number of amides is 1. The van der Waals surface area contributed by atoms with Gasteiger partial charge in [-0.25, -0.2) is 8.78 Å². The molecule has 0 aromatic carbocycles. The van der Waals surface area contributed by atoms with E-state index in [1.54, 1.807) is 29.2 Å². The number of pyridine rings is 2. The number of anilines is 1. The average molecular weight is 413 g/mol. The van der Waals surface area contributed by atoms with Crippen molar-refractivity contribution in [1.29, 1.82) is 0 Å². The molecule has 3 aromatic rings. The highest BCUT2D eigenvalue weighted by molar-refractivity contribution is 6.11. The van der Waals surface area contributed by atoms with Gasteiger partial charge in [-0.1, -0.05) is 13.8 Å². The molecule has 1 aliphatic rings. The first-order valence-corrected chi connectivity index (χ1v) is 10.3. The molecule has 0 aliphatic heterocycles. The number of nitrogens with zero attached hydrogens (tertiary/aromatic N) is 4. The number of halogens is 2. The second-order valence-electron chi connectivity index (χ2n) is 8.24. The Morgan fingerprint density at radius 1 is 1.20 bits per heavy atom. The minimum absolute atomic E-state index is 0.0360. The van der Waals surface area contributed by atoms with Gasteiger partial charge in [-0.05, 0) is 49.7 Å². The van der Waals surface area contributed by atoms with Gasteiger partial charge < -0.3 is 5.32 Å². The number of carbonyl (C=O) groups excluding carboxylic acids is 1. The van der Waals surface area contributed by atoms with Crippen molar-refractivity contribution >= 4 is 22.5 Å². The Balaban J connectivity index is 1.57. The molecule has 1 aliphatic carbocycles. The van der Waals surface area contributed by atoms with Crippen molar-refractivity contribution in [3.05, 3.63) is 48.2 Å². The van der Waals surface area contributed by atoms with Crippen molar-refractivity contribution in [3.63, 3.8) is 0 Å². The van der Waals surface area contributed by atoms with Crippen LogP contribution in [0.3, 0.4) is 0 Å². The van der Waals surface area contributed by atoms with E-state index in [4.69, 9.17) is 0 Å². The summed E-state index contributed by atoms with van der Waals surface area (Å²) in [6.45, 7) is 4.44. The van der Waals surface area contributed by atoms with Crippen molar-refractivity contribution in [1.82, 2.24) is 19.7 Å². The number of aromatic nitrogens is 4. The molecule has 30 heavy (non-hydrogen) atoms. The normalized spacial score (nSPS) is 19.5. The lowest BCUT2D eigenvalue weighted by Gasteiger charge is -2.30. The smallest absolute Gasteiger partial charge is 0.284 e. The molecule has 0 spiro atoms. The molecular formula is C22H25F2N5O. The summed E-state index contributed by atoms with van der Waals surface area (Å²) in [4.78, 5) is 21.1. The molecule has 3 heterocycles. The van der Waals surface area contributed by atoms with Crippen molar-refractivity contribution in [2.75, 3.05) is 5.32 Å². The molecular weight excluding hydrogens is 388 g/mol. The third-order valence-corrected chi connectivity index (χ3v) is 6.03. The quantitative estimate of drug-likeness (QED) is 0.608. The molecule has 6 nitrogen and oxygen atoms in total. The molecule has 8 heteroatoms. The zero-order valence-corrected chi connectivity index (χ0v) is 17.1. The van der Waals surface area contributed by atoms with E-state index in [0.29, 0.717) is 22.7 Å². The Labute approximate surface area is 173 Å². The number of hydrogen-bond acceptors (Lipinski definition) is 4. The summed E-state index contributed by atoms with van der Waals surface area (Å²) >= 11 is 0. The van der Waals surface area contributed by atoms with Gasteiger partial charge >= 0.3 is 0 Å². The van der Waals surface area contributed by atoms with Crippen LogP contribution in [0.2, 0.25) is 0 Å². The van der Waals surface area contributed by atoms with Crippen molar-refractivity contribution in [2.45, 2.75) is 52.0 Å². The Kier molecular flexibility index (Phi) is 5.74. The fourth-order valence-corrected chi connectivity index (χ4v) is 4.24. The highest BCUT2D eigenvalue weighted by Gasteiger charge is 2.28. The summed E-state index contributed by atoms with van der Waals surface area (Å²) in [5.74, 6) is 0.756. The molecule has 1 saturated carbocycles. The van der Waals surface area contributed by atoms with E-state index >= 15 is 0 Å². The number of nitrogens with one attached hydrogen (secondary N) is 1. The lowest BCUT2D eigenvalue weighted by atomic mass is 9.80. The molecule has 158 valence electrons. The molecule has 0 unspecified atom stereocenters. The molecule has 1 amide bonds. The topological polar surface area (TPSA) is 72.7 Å². The third kappa shape index (κ3) is 4.04.